The third kappa shape index (κ3) is 5.61. The summed E-state index contributed by atoms with van der Waals surface area (Å²) in [6.45, 7) is 4.50. The molecule has 34 heavy (non-hydrogen) atoms. The number of rotatable bonds is 7. The molecule has 1 unspecified atom stereocenters. The van der Waals surface area contributed by atoms with Crippen molar-refractivity contribution in [3.63, 3.8) is 0 Å². The lowest BCUT2D eigenvalue weighted by molar-refractivity contribution is -0.384. The average Bonchev–Trinajstić information content (AvgIpc) is 2.88. The summed E-state index contributed by atoms with van der Waals surface area (Å²) in [6, 6.07) is 24.7. The second-order valence-electron chi connectivity index (χ2n) is 8.29. The number of carbonyl (C=O) groups excluding carboxylic acids is 1. The standard InChI is InChI=1S/C27H28N4O3/c1-21(23-10-6-3-7-11-23)28-25-20-24(13-14-26(25)31(33)34)29-16-18-30(19-17-29)27(32)15-12-22-8-4-2-5-9-22/h2-15,20-21,28H,16-19H2,1H3/b15-12+. The molecule has 7 nitrogen and oxygen atoms in total. The van der Waals surface area contributed by atoms with E-state index in [2.05, 4.69) is 10.2 Å². The zero-order chi connectivity index (χ0) is 23.9. The molecule has 0 aromatic heterocycles. The summed E-state index contributed by atoms with van der Waals surface area (Å²) in [5.41, 5.74) is 3.48. The Morgan fingerprint density at radius 3 is 2.26 bits per heavy atom. The van der Waals surface area contributed by atoms with E-state index < -0.39 is 0 Å². The van der Waals surface area contributed by atoms with Gasteiger partial charge in [-0.1, -0.05) is 60.7 Å². The Bertz CT molecular complexity index is 1160. The van der Waals surface area contributed by atoms with Crippen LogP contribution in [-0.4, -0.2) is 41.9 Å². The number of nitro groups is 1. The Morgan fingerprint density at radius 1 is 0.971 bits per heavy atom. The van der Waals surface area contributed by atoms with Gasteiger partial charge in [-0.05, 0) is 36.3 Å². The van der Waals surface area contributed by atoms with Crippen LogP contribution in [0, 0.1) is 10.1 Å². The van der Waals surface area contributed by atoms with E-state index in [1.165, 1.54) is 0 Å². The molecule has 7 heteroatoms. The maximum Gasteiger partial charge on any atom is 0.292 e. The molecule has 1 fully saturated rings. The number of benzene rings is 3. The van der Waals surface area contributed by atoms with Crippen LogP contribution in [0.3, 0.4) is 0 Å². The van der Waals surface area contributed by atoms with Crippen molar-refractivity contribution < 1.29 is 9.72 Å². The predicted molar refractivity (Wildman–Crippen MR) is 136 cm³/mol. The van der Waals surface area contributed by atoms with Crippen molar-refractivity contribution in [3.05, 3.63) is 106 Å². The molecule has 1 amide bonds. The van der Waals surface area contributed by atoms with Gasteiger partial charge in [0, 0.05) is 50.1 Å². The van der Waals surface area contributed by atoms with Crippen LogP contribution in [0.5, 0.6) is 0 Å². The number of anilines is 2. The summed E-state index contributed by atoms with van der Waals surface area (Å²) >= 11 is 0. The minimum Gasteiger partial charge on any atom is -0.373 e. The smallest absolute Gasteiger partial charge is 0.292 e. The van der Waals surface area contributed by atoms with Crippen molar-refractivity contribution in [2.45, 2.75) is 13.0 Å². The van der Waals surface area contributed by atoms with Crippen LogP contribution in [0.25, 0.3) is 6.08 Å². The number of hydrogen-bond donors (Lipinski definition) is 1. The van der Waals surface area contributed by atoms with Gasteiger partial charge in [0.1, 0.15) is 5.69 Å². The van der Waals surface area contributed by atoms with Gasteiger partial charge in [-0.2, -0.15) is 0 Å². The van der Waals surface area contributed by atoms with Crippen molar-refractivity contribution >= 4 is 29.0 Å². The van der Waals surface area contributed by atoms with Crippen LogP contribution in [-0.2, 0) is 4.79 Å². The molecule has 1 N–H and O–H groups in total. The first-order valence-electron chi connectivity index (χ1n) is 11.4. The second-order valence-corrected chi connectivity index (χ2v) is 8.29. The van der Waals surface area contributed by atoms with Crippen LogP contribution in [0.15, 0.2) is 84.9 Å². The van der Waals surface area contributed by atoms with E-state index in [0.717, 1.165) is 16.8 Å². The normalized spacial score (nSPS) is 14.7. The largest absolute Gasteiger partial charge is 0.373 e. The minimum absolute atomic E-state index is 0.00811. The Morgan fingerprint density at radius 2 is 1.62 bits per heavy atom. The zero-order valence-corrected chi connectivity index (χ0v) is 19.1. The molecule has 174 valence electrons. The molecule has 0 saturated carbocycles. The highest BCUT2D eigenvalue weighted by atomic mass is 16.6. The van der Waals surface area contributed by atoms with Crippen LogP contribution in [0.1, 0.15) is 24.1 Å². The van der Waals surface area contributed by atoms with Gasteiger partial charge in [0.15, 0.2) is 0 Å². The van der Waals surface area contributed by atoms with Gasteiger partial charge < -0.3 is 15.1 Å². The van der Waals surface area contributed by atoms with Crippen molar-refractivity contribution in [3.8, 4) is 0 Å². The van der Waals surface area contributed by atoms with Gasteiger partial charge in [0.25, 0.3) is 5.69 Å². The first-order valence-corrected chi connectivity index (χ1v) is 11.4. The average molecular weight is 457 g/mol. The van der Waals surface area contributed by atoms with Crippen LogP contribution in [0.2, 0.25) is 0 Å². The molecule has 0 radical (unpaired) electrons. The Kier molecular flexibility index (Phi) is 7.22. The summed E-state index contributed by atoms with van der Waals surface area (Å²) in [5.74, 6) is -0.00811. The number of amides is 1. The monoisotopic (exact) mass is 456 g/mol. The first kappa shape index (κ1) is 23.0. The molecule has 1 atom stereocenters. The Labute approximate surface area is 199 Å². The molecule has 0 spiro atoms. The number of nitro benzene ring substituents is 1. The quantitative estimate of drug-likeness (QED) is 0.303. The SMILES string of the molecule is CC(Nc1cc(N2CCN(C(=O)/C=C/c3ccccc3)CC2)ccc1[N+](=O)[O-])c1ccccc1. The van der Waals surface area contributed by atoms with Crippen molar-refractivity contribution in [2.75, 3.05) is 36.4 Å². The highest BCUT2D eigenvalue weighted by molar-refractivity contribution is 5.92. The van der Waals surface area contributed by atoms with E-state index in [-0.39, 0.29) is 22.6 Å². The molecule has 3 aromatic carbocycles. The van der Waals surface area contributed by atoms with Crippen LogP contribution < -0.4 is 10.2 Å². The van der Waals surface area contributed by atoms with Gasteiger partial charge >= 0.3 is 0 Å². The number of piperazine rings is 1. The fourth-order valence-corrected chi connectivity index (χ4v) is 4.08. The molecule has 1 aliphatic heterocycles. The van der Waals surface area contributed by atoms with E-state index >= 15 is 0 Å². The van der Waals surface area contributed by atoms with Gasteiger partial charge in [0.05, 0.1) is 4.92 Å². The fraction of sp³-hybridized carbons (Fsp3) is 0.222. The van der Waals surface area contributed by atoms with Gasteiger partial charge in [-0.3, -0.25) is 14.9 Å². The number of nitrogens with zero attached hydrogens (tertiary/aromatic N) is 3. The summed E-state index contributed by atoms with van der Waals surface area (Å²) < 4.78 is 0. The molecule has 4 rings (SSSR count). The molecule has 1 aliphatic rings. The highest BCUT2D eigenvalue weighted by Crippen LogP contribution is 2.32. The lowest BCUT2D eigenvalue weighted by atomic mass is 10.1. The topological polar surface area (TPSA) is 78.7 Å². The van der Waals surface area contributed by atoms with Gasteiger partial charge in [-0.25, -0.2) is 0 Å². The van der Waals surface area contributed by atoms with E-state index in [1.54, 1.807) is 18.2 Å². The molecule has 1 heterocycles. The number of hydrogen-bond acceptors (Lipinski definition) is 5. The van der Waals surface area contributed by atoms with E-state index in [1.807, 2.05) is 84.6 Å². The molecule has 1 saturated heterocycles. The van der Waals surface area contributed by atoms with Crippen LogP contribution in [0.4, 0.5) is 17.1 Å². The summed E-state index contributed by atoms with van der Waals surface area (Å²) in [7, 11) is 0. The summed E-state index contributed by atoms with van der Waals surface area (Å²) in [5, 5.41) is 14.9. The minimum atomic E-state index is -0.362. The Balaban J connectivity index is 1.42. The summed E-state index contributed by atoms with van der Waals surface area (Å²) in [4.78, 5) is 27.8. The van der Waals surface area contributed by atoms with E-state index in [0.29, 0.717) is 31.9 Å². The molecule has 0 aliphatic carbocycles. The van der Waals surface area contributed by atoms with E-state index in [4.69, 9.17) is 0 Å². The van der Waals surface area contributed by atoms with Crippen LogP contribution >= 0.6 is 0 Å². The zero-order valence-electron chi connectivity index (χ0n) is 19.1. The van der Waals surface area contributed by atoms with Gasteiger partial charge in [0.2, 0.25) is 5.91 Å². The third-order valence-electron chi connectivity index (χ3n) is 6.02. The predicted octanol–water partition coefficient (Wildman–Crippen LogP) is 5.13. The second kappa shape index (κ2) is 10.7. The van der Waals surface area contributed by atoms with Crippen molar-refractivity contribution in [1.82, 2.24) is 4.90 Å². The maximum absolute atomic E-state index is 12.6. The molecular weight excluding hydrogens is 428 g/mol. The lowest BCUT2D eigenvalue weighted by Gasteiger charge is -2.36. The third-order valence-corrected chi connectivity index (χ3v) is 6.02. The number of carbonyl (C=O) groups is 1. The maximum atomic E-state index is 12.6. The molecule has 3 aromatic rings. The number of nitrogens with one attached hydrogen (secondary N) is 1. The fourth-order valence-electron chi connectivity index (χ4n) is 4.08. The van der Waals surface area contributed by atoms with Crippen molar-refractivity contribution in [2.24, 2.45) is 0 Å². The summed E-state index contributed by atoms with van der Waals surface area (Å²) in [6.07, 6.45) is 3.45. The highest BCUT2D eigenvalue weighted by Gasteiger charge is 2.23. The lowest BCUT2D eigenvalue weighted by Crippen LogP contribution is -2.48. The first-order chi connectivity index (χ1) is 16.5. The van der Waals surface area contributed by atoms with Gasteiger partial charge in [-0.15, -0.1) is 0 Å². The van der Waals surface area contributed by atoms with Crippen molar-refractivity contribution in [1.29, 1.82) is 0 Å². The molecular formula is C27H28N4O3. The van der Waals surface area contributed by atoms with E-state index in [9.17, 15) is 14.9 Å². The Hall–Kier alpha value is -4.13. The molecule has 0 bridgehead atoms.